The number of carbonyl (C=O) groups is 3. The number of likely N-dealkylation sites (N-methyl/N-ethyl adjacent to an activating group) is 1. The quantitative estimate of drug-likeness (QED) is 0.332. The molecule has 0 unspecified atom stereocenters. The molecule has 1 aliphatic carbocycles. The summed E-state index contributed by atoms with van der Waals surface area (Å²) in [5, 5.41) is 17.6. The molecule has 1 saturated carbocycles. The lowest BCUT2D eigenvalue weighted by Crippen LogP contribution is -2.50. The molecule has 0 aliphatic heterocycles. The predicted molar refractivity (Wildman–Crippen MR) is 144 cm³/mol. The van der Waals surface area contributed by atoms with Crippen LogP contribution in [0.15, 0.2) is 65.2 Å². The Morgan fingerprint density at radius 1 is 1.03 bits per heavy atom. The van der Waals surface area contributed by atoms with E-state index in [1.807, 2.05) is 0 Å². The van der Waals surface area contributed by atoms with Gasteiger partial charge in [0.05, 0.1) is 0 Å². The van der Waals surface area contributed by atoms with Gasteiger partial charge in [-0.1, -0.05) is 25.3 Å². The molecule has 0 bridgehead atoms. The number of anilines is 1. The first-order chi connectivity index (χ1) is 19.0. The fraction of sp³-hybridized carbons (Fsp3) is 0.276. The van der Waals surface area contributed by atoms with Crippen molar-refractivity contribution in [3.05, 3.63) is 77.9 Å². The zero-order chi connectivity index (χ0) is 27.4. The third-order valence-corrected chi connectivity index (χ3v) is 7.03. The van der Waals surface area contributed by atoms with Crippen molar-refractivity contribution in [3.8, 4) is 17.4 Å². The summed E-state index contributed by atoms with van der Waals surface area (Å²) in [7, 11) is 1.57. The van der Waals surface area contributed by atoms with Gasteiger partial charge in [0.25, 0.3) is 11.8 Å². The Hall–Kier alpha value is -4.91. The lowest BCUT2D eigenvalue weighted by molar-refractivity contribution is -0.124. The number of imidazole rings is 1. The fourth-order valence-electron chi connectivity index (χ4n) is 4.97. The van der Waals surface area contributed by atoms with Gasteiger partial charge in [-0.15, -0.1) is 0 Å². The maximum Gasteiger partial charge on any atom is 0.287 e. The van der Waals surface area contributed by atoms with E-state index in [4.69, 9.17) is 4.42 Å². The van der Waals surface area contributed by atoms with E-state index in [0.717, 1.165) is 32.1 Å². The van der Waals surface area contributed by atoms with Crippen LogP contribution in [0.4, 0.5) is 5.69 Å². The molecule has 1 fully saturated rings. The van der Waals surface area contributed by atoms with Gasteiger partial charge in [0.1, 0.15) is 34.9 Å². The number of fused-ring (bicyclic) bond motifs is 1. The number of carbonyl (C=O) groups excluding carboxylic acids is 3. The fourth-order valence-corrected chi connectivity index (χ4v) is 4.97. The number of hydrogen-bond acceptors (Lipinski definition) is 6. The van der Waals surface area contributed by atoms with Crippen molar-refractivity contribution >= 4 is 29.1 Å². The van der Waals surface area contributed by atoms with Gasteiger partial charge >= 0.3 is 0 Å². The highest BCUT2D eigenvalue weighted by atomic mass is 16.4. The first-order valence-electron chi connectivity index (χ1n) is 12.9. The minimum Gasteiger partial charge on any atom is -0.451 e. The third kappa shape index (κ3) is 5.52. The molecule has 3 N–H and O–H groups in total. The van der Waals surface area contributed by atoms with E-state index in [2.05, 4.69) is 27.0 Å². The van der Waals surface area contributed by atoms with Crippen LogP contribution in [0.25, 0.3) is 17.0 Å². The lowest BCUT2D eigenvalue weighted by atomic mass is 9.83. The van der Waals surface area contributed by atoms with Crippen LogP contribution < -0.4 is 16.0 Å². The number of benzene rings is 1. The first kappa shape index (κ1) is 25.7. The van der Waals surface area contributed by atoms with Crippen molar-refractivity contribution in [2.45, 2.75) is 38.1 Å². The lowest BCUT2D eigenvalue weighted by Gasteiger charge is -2.29. The van der Waals surface area contributed by atoms with Crippen molar-refractivity contribution in [1.29, 1.82) is 5.26 Å². The van der Waals surface area contributed by atoms with Gasteiger partial charge < -0.3 is 20.4 Å². The van der Waals surface area contributed by atoms with E-state index in [-0.39, 0.29) is 23.3 Å². The highest BCUT2D eigenvalue weighted by Crippen LogP contribution is 2.28. The van der Waals surface area contributed by atoms with Crippen LogP contribution in [0, 0.1) is 17.2 Å². The number of furan rings is 1. The maximum atomic E-state index is 12.9. The summed E-state index contributed by atoms with van der Waals surface area (Å²) in [5.41, 5.74) is 2.34. The smallest absolute Gasteiger partial charge is 0.287 e. The molecule has 10 nitrogen and oxygen atoms in total. The summed E-state index contributed by atoms with van der Waals surface area (Å²) in [4.78, 5) is 42.4. The van der Waals surface area contributed by atoms with Gasteiger partial charge in [-0.3, -0.25) is 18.8 Å². The van der Waals surface area contributed by atoms with Gasteiger partial charge in [0.2, 0.25) is 5.91 Å². The number of rotatable bonds is 7. The Kier molecular flexibility index (Phi) is 7.41. The normalized spacial score (nSPS) is 14.4. The van der Waals surface area contributed by atoms with Gasteiger partial charge in [0.15, 0.2) is 5.76 Å². The van der Waals surface area contributed by atoms with E-state index in [9.17, 15) is 19.6 Å². The van der Waals surface area contributed by atoms with Gasteiger partial charge in [-0.05, 0) is 67.3 Å². The summed E-state index contributed by atoms with van der Waals surface area (Å²) >= 11 is 0. The third-order valence-electron chi connectivity index (χ3n) is 7.03. The SMILES string of the molecule is CNC(=O)[C@@H](NC(=O)c1ccc(-c2ccc(NC(=O)c3cn4c(C#N)cccc4n3)cc2)o1)C1CCCCC1. The summed E-state index contributed by atoms with van der Waals surface area (Å²) in [6, 6.07) is 16.8. The minimum atomic E-state index is -0.598. The summed E-state index contributed by atoms with van der Waals surface area (Å²) in [5.74, 6) is -0.331. The molecule has 1 atom stereocenters. The Bertz CT molecular complexity index is 1560. The van der Waals surface area contributed by atoms with Crippen molar-refractivity contribution < 1.29 is 18.8 Å². The number of amides is 3. The Balaban J connectivity index is 1.25. The van der Waals surface area contributed by atoms with E-state index >= 15 is 0 Å². The topological polar surface area (TPSA) is 142 Å². The molecular formula is C29H28N6O4. The second kappa shape index (κ2) is 11.2. The highest BCUT2D eigenvalue weighted by Gasteiger charge is 2.31. The van der Waals surface area contributed by atoms with Gasteiger partial charge in [0, 0.05) is 24.5 Å². The average Bonchev–Trinajstić information content (AvgIpc) is 3.64. The van der Waals surface area contributed by atoms with Crippen molar-refractivity contribution in [1.82, 2.24) is 20.0 Å². The van der Waals surface area contributed by atoms with Gasteiger partial charge in [-0.2, -0.15) is 5.26 Å². The molecule has 10 heteroatoms. The van der Waals surface area contributed by atoms with Crippen molar-refractivity contribution in [2.75, 3.05) is 12.4 Å². The van der Waals surface area contributed by atoms with Crippen molar-refractivity contribution in [3.63, 3.8) is 0 Å². The standard InChI is InChI=1S/C29H28N6O4/c1-31-29(38)26(19-6-3-2-4-7-19)34-28(37)24-15-14-23(39-24)18-10-12-20(13-11-18)32-27(36)22-17-35-21(16-30)8-5-9-25(35)33-22/h5,8-15,17,19,26H,2-4,6-7H2,1H3,(H,31,38)(H,32,36)(H,34,37)/t26-/m0/s1. The molecule has 0 spiro atoms. The molecule has 1 aromatic carbocycles. The molecule has 0 radical (unpaired) electrons. The van der Waals surface area contributed by atoms with Crippen LogP contribution in [-0.4, -0.2) is 40.2 Å². The zero-order valence-electron chi connectivity index (χ0n) is 21.4. The van der Waals surface area contributed by atoms with E-state index in [0.29, 0.717) is 28.4 Å². The average molecular weight is 525 g/mol. The minimum absolute atomic E-state index is 0.105. The molecule has 4 aromatic rings. The second-order valence-corrected chi connectivity index (χ2v) is 9.54. The molecule has 3 aromatic heterocycles. The van der Waals surface area contributed by atoms with E-state index < -0.39 is 17.9 Å². The molecule has 5 rings (SSSR count). The number of pyridine rings is 1. The van der Waals surface area contributed by atoms with Crippen molar-refractivity contribution in [2.24, 2.45) is 5.92 Å². The Labute approximate surface area is 225 Å². The zero-order valence-corrected chi connectivity index (χ0v) is 21.4. The second-order valence-electron chi connectivity index (χ2n) is 9.54. The molecule has 0 saturated heterocycles. The maximum absolute atomic E-state index is 12.9. The van der Waals surface area contributed by atoms with Crippen LogP contribution >= 0.6 is 0 Å². The number of nitrogens with one attached hydrogen (secondary N) is 3. The molecule has 1 aliphatic rings. The molecule has 39 heavy (non-hydrogen) atoms. The Morgan fingerprint density at radius 3 is 2.51 bits per heavy atom. The summed E-state index contributed by atoms with van der Waals surface area (Å²) < 4.78 is 7.37. The van der Waals surface area contributed by atoms with Crippen LogP contribution in [0.2, 0.25) is 0 Å². The van der Waals surface area contributed by atoms with Gasteiger partial charge in [-0.25, -0.2) is 4.98 Å². The molecule has 3 heterocycles. The monoisotopic (exact) mass is 524 g/mol. The molecule has 3 amide bonds. The van der Waals surface area contributed by atoms with Crippen LogP contribution in [0.3, 0.4) is 0 Å². The first-order valence-corrected chi connectivity index (χ1v) is 12.9. The van der Waals surface area contributed by atoms with Crippen LogP contribution in [0.1, 0.15) is 58.8 Å². The van der Waals surface area contributed by atoms with Crippen LogP contribution in [-0.2, 0) is 4.79 Å². The van der Waals surface area contributed by atoms with Crippen LogP contribution in [0.5, 0.6) is 0 Å². The molecular weight excluding hydrogens is 496 g/mol. The highest BCUT2D eigenvalue weighted by molar-refractivity contribution is 6.03. The number of nitriles is 1. The Morgan fingerprint density at radius 2 is 1.79 bits per heavy atom. The number of aromatic nitrogens is 2. The summed E-state index contributed by atoms with van der Waals surface area (Å²) in [6.45, 7) is 0. The molecule has 198 valence electrons. The predicted octanol–water partition coefficient (Wildman–Crippen LogP) is 4.14. The largest absolute Gasteiger partial charge is 0.451 e. The number of hydrogen-bond donors (Lipinski definition) is 3. The number of nitrogens with zero attached hydrogens (tertiary/aromatic N) is 3. The summed E-state index contributed by atoms with van der Waals surface area (Å²) in [6.07, 6.45) is 6.59. The van der Waals surface area contributed by atoms with E-state index in [1.165, 1.54) is 6.20 Å². The van der Waals surface area contributed by atoms with E-state index in [1.54, 1.807) is 66.0 Å².